The van der Waals surface area contributed by atoms with E-state index in [4.69, 9.17) is 11.6 Å². The monoisotopic (exact) mass is 557 g/mol. The van der Waals surface area contributed by atoms with Gasteiger partial charge in [0, 0.05) is 16.1 Å². The van der Waals surface area contributed by atoms with Crippen molar-refractivity contribution in [1.82, 2.24) is 0 Å². The van der Waals surface area contributed by atoms with Crippen LogP contribution in [0.3, 0.4) is 0 Å². The Balaban J connectivity index is 1.50. The number of fused-ring (bicyclic) bond motifs is 12. The molecular formula is C40H28ClN. The summed E-state index contributed by atoms with van der Waals surface area (Å²) in [4.78, 5) is 2.45. The topological polar surface area (TPSA) is 3.24 Å². The fraction of sp³-hybridized carbons (Fsp3) is 0.100. The van der Waals surface area contributed by atoms with E-state index in [1.54, 1.807) is 0 Å². The van der Waals surface area contributed by atoms with Crippen LogP contribution in [0.25, 0.3) is 22.3 Å². The zero-order valence-electron chi connectivity index (χ0n) is 23.5. The first kappa shape index (κ1) is 24.1. The Hall–Kier alpha value is -4.59. The predicted molar refractivity (Wildman–Crippen MR) is 175 cm³/mol. The zero-order chi connectivity index (χ0) is 28.2. The largest absolute Gasteiger partial charge is 0.310 e. The summed E-state index contributed by atoms with van der Waals surface area (Å²) in [5.41, 5.74) is 16.1. The summed E-state index contributed by atoms with van der Waals surface area (Å²) in [7, 11) is 0. The molecule has 1 heterocycles. The van der Waals surface area contributed by atoms with Gasteiger partial charge in [0.25, 0.3) is 0 Å². The van der Waals surface area contributed by atoms with Crippen molar-refractivity contribution in [3.8, 4) is 22.3 Å². The summed E-state index contributed by atoms with van der Waals surface area (Å²) in [6.07, 6.45) is 0. The zero-order valence-corrected chi connectivity index (χ0v) is 24.3. The fourth-order valence-electron chi connectivity index (χ4n) is 8.17. The van der Waals surface area contributed by atoms with Gasteiger partial charge >= 0.3 is 0 Å². The van der Waals surface area contributed by atoms with Gasteiger partial charge in [-0.05, 0) is 98.1 Å². The smallest absolute Gasteiger partial charge is 0.0755 e. The van der Waals surface area contributed by atoms with Crippen molar-refractivity contribution < 1.29 is 0 Å². The van der Waals surface area contributed by atoms with Crippen LogP contribution in [0.1, 0.15) is 47.2 Å². The van der Waals surface area contributed by atoms with Gasteiger partial charge in [0.15, 0.2) is 0 Å². The highest BCUT2D eigenvalue weighted by molar-refractivity contribution is 6.30. The Kier molecular flexibility index (Phi) is 4.72. The average molecular weight is 558 g/mol. The van der Waals surface area contributed by atoms with Gasteiger partial charge in [0.2, 0.25) is 0 Å². The molecule has 6 aromatic rings. The normalized spacial score (nSPS) is 15.8. The highest BCUT2D eigenvalue weighted by atomic mass is 35.5. The van der Waals surface area contributed by atoms with Crippen LogP contribution >= 0.6 is 11.6 Å². The third kappa shape index (κ3) is 2.84. The number of hydrogen-bond donors (Lipinski definition) is 0. The molecule has 42 heavy (non-hydrogen) atoms. The summed E-state index contributed by atoms with van der Waals surface area (Å²) >= 11 is 6.89. The summed E-state index contributed by atoms with van der Waals surface area (Å²) in [5.74, 6) is 0. The minimum Gasteiger partial charge on any atom is -0.310 e. The molecule has 0 saturated heterocycles. The Bertz CT molecular complexity index is 2040. The third-order valence-corrected chi connectivity index (χ3v) is 10.2. The van der Waals surface area contributed by atoms with E-state index in [0.29, 0.717) is 0 Å². The van der Waals surface area contributed by atoms with Crippen LogP contribution in [0.15, 0.2) is 133 Å². The number of halogens is 1. The Morgan fingerprint density at radius 2 is 1.00 bits per heavy atom. The molecule has 0 radical (unpaired) electrons. The molecule has 2 aliphatic carbocycles. The quantitative estimate of drug-likeness (QED) is 0.194. The van der Waals surface area contributed by atoms with E-state index in [-0.39, 0.29) is 5.41 Å². The van der Waals surface area contributed by atoms with Crippen molar-refractivity contribution in [1.29, 1.82) is 0 Å². The molecule has 2 heteroatoms. The lowest BCUT2D eigenvalue weighted by atomic mass is 9.64. The second-order valence-electron chi connectivity index (χ2n) is 12.3. The number of anilines is 3. The highest BCUT2D eigenvalue weighted by Crippen LogP contribution is 2.65. The van der Waals surface area contributed by atoms with Crippen LogP contribution in [0.4, 0.5) is 17.1 Å². The van der Waals surface area contributed by atoms with E-state index in [2.05, 4.69) is 146 Å². The van der Waals surface area contributed by atoms with Gasteiger partial charge < -0.3 is 4.90 Å². The molecule has 0 fully saturated rings. The molecule has 1 nitrogen and oxygen atoms in total. The molecule has 3 aliphatic rings. The molecule has 0 atom stereocenters. The SMILES string of the molecule is CC1(C)c2ccccc2-c2cc3c(cc21)N(c1ccccc1)c1ccc(Cl)cc1C31c2ccccc2-c2ccccc21. The van der Waals surface area contributed by atoms with Gasteiger partial charge in [-0.3, -0.25) is 0 Å². The average Bonchev–Trinajstić information content (AvgIpc) is 3.44. The van der Waals surface area contributed by atoms with E-state index in [1.807, 2.05) is 6.07 Å². The first-order valence-corrected chi connectivity index (χ1v) is 15.0. The van der Waals surface area contributed by atoms with Crippen LogP contribution < -0.4 is 4.90 Å². The molecule has 0 saturated carbocycles. The minimum atomic E-state index is -0.509. The van der Waals surface area contributed by atoms with Gasteiger partial charge in [-0.2, -0.15) is 0 Å². The molecule has 0 aromatic heterocycles. The van der Waals surface area contributed by atoms with Crippen molar-refractivity contribution in [2.75, 3.05) is 4.90 Å². The van der Waals surface area contributed by atoms with Crippen molar-refractivity contribution in [2.24, 2.45) is 0 Å². The number of rotatable bonds is 1. The first-order valence-electron chi connectivity index (χ1n) is 14.6. The number of benzene rings is 6. The molecule has 0 unspecified atom stereocenters. The molecule has 200 valence electrons. The molecule has 0 N–H and O–H groups in total. The fourth-order valence-corrected chi connectivity index (χ4v) is 8.34. The Labute approximate surface area is 251 Å². The summed E-state index contributed by atoms with van der Waals surface area (Å²) < 4.78 is 0. The van der Waals surface area contributed by atoms with E-state index >= 15 is 0 Å². The molecule has 0 bridgehead atoms. The van der Waals surface area contributed by atoms with Crippen LogP contribution in [-0.4, -0.2) is 0 Å². The number of nitrogens with zero attached hydrogens (tertiary/aromatic N) is 1. The summed E-state index contributed by atoms with van der Waals surface area (Å²) in [6.45, 7) is 4.73. The van der Waals surface area contributed by atoms with Gasteiger partial charge in [0.05, 0.1) is 16.8 Å². The maximum absolute atomic E-state index is 6.89. The van der Waals surface area contributed by atoms with E-state index in [1.165, 1.54) is 61.3 Å². The van der Waals surface area contributed by atoms with Gasteiger partial charge in [-0.15, -0.1) is 0 Å². The molecule has 6 aromatic carbocycles. The standard InChI is InChI=1S/C40H28ClN/c1-39(2)31-17-9-6-16-29(31)30-23-36-38(24-34(30)39)42(26-12-4-3-5-13-26)37-21-20-25(41)22-35(37)40(36)32-18-10-7-14-27(32)28-15-8-11-19-33(28)40/h3-24H,1-2H3. The van der Waals surface area contributed by atoms with Crippen LogP contribution in [0.2, 0.25) is 5.02 Å². The van der Waals surface area contributed by atoms with Gasteiger partial charge in [-0.1, -0.05) is 116 Å². The molecule has 1 aliphatic heterocycles. The first-order chi connectivity index (χ1) is 20.5. The van der Waals surface area contributed by atoms with Crippen molar-refractivity contribution in [3.05, 3.63) is 172 Å². The Morgan fingerprint density at radius 1 is 0.452 bits per heavy atom. The van der Waals surface area contributed by atoms with E-state index < -0.39 is 5.41 Å². The second kappa shape index (κ2) is 8.25. The number of para-hydroxylation sites is 1. The van der Waals surface area contributed by atoms with Crippen LogP contribution in [-0.2, 0) is 10.8 Å². The molecule has 0 amide bonds. The molecular weight excluding hydrogens is 530 g/mol. The lowest BCUT2D eigenvalue weighted by Crippen LogP contribution is -2.36. The van der Waals surface area contributed by atoms with Crippen LogP contribution in [0, 0.1) is 0 Å². The Morgan fingerprint density at radius 3 is 1.67 bits per heavy atom. The van der Waals surface area contributed by atoms with Crippen molar-refractivity contribution >= 4 is 28.7 Å². The minimum absolute atomic E-state index is 0.109. The molecule has 1 spiro atoms. The second-order valence-corrected chi connectivity index (χ2v) is 12.7. The highest BCUT2D eigenvalue weighted by Gasteiger charge is 2.53. The molecule has 9 rings (SSSR count). The van der Waals surface area contributed by atoms with Crippen LogP contribution in [0.5, 0.6) is 0 Å². The number of hydrogen-bond acceptors (Lipinski definition) is 1. The van der Waals surface area contributed by atoms with Gasteiger partial charge in [-0.25, -0.2) is 0 Å². The summed E-state index contributed by atoms with van der Waals surface area (Å²) in [6, 6.07) is 49.1. The van der Waals surface area contributed by atoms with Crippen molar-refractivity contribution in [2.45, 2.75) is 24.7 Å². The maximum Gasteiger partial charge on any atom is 0.0755 e. The summed E-state index contributed by atoms with van der Waals surface area (Å²) in [5, 5.41) is 0.749. The lowest BCUT2D eigenvalue weighted by molar-refractivity contribution is 0.658. The van der Waals surface area contributed by atoms with Gasteiger partial charge in [0.1, 0.15) is 0 Å². The lowest BCUT2D eigenvalue weighted by Gasteiger charge is -2.45. The van der Waals surface area contributed by atoms with E-state index in [9.17, 15) is 0 Å². The predicted octanol–water partition coefficient (Wildman–Crippen LogP) is 10.8. The van der Waals surface area contributed by atoms with E-state index in [0.717, 1.165) is 16.4 Å². The third-order valence-electron chi connectivity index (χ3n) is 9.91. The maximum atomic E-state index is 6.89. The van der Waals surface area contributed by atoms with Crippen molar-refractivity contribution in [3.63, 3.8) is 0 Å².